The van der Waals surface area contributed by atoms with Crippen LogP contribution in [0.4, 0.5) is 8.78 Å². The molecule has 1 aromatic carbocycles. The van der Waals surface area contributed by atoms with Gasteiger partial charge in [0.05, 0.1) is 6.04 Å². The Balaban J connectivity index is 1.95. The molecule has 0 radical (unpaired) electrons. The minimum Gasteiger partial charge on any atom is -0.318 e. The van der Waals surface area contributed by atoms with Crippen molar-refractivity contribution in [1.82, 2.24) is 10.2 Å². The fraction of sp³-hybridized carbons (Fsp3) is 0.500. The fourth-order valence-electron chi connectivity index (χ4n) is 2.76. The number of nitrogens with one attached hydrogen (secondary N) is 1. The molecule has 3 nitrogen and oxygen atoms in total. The van der Waals surface area contributed by atoms with Crippen LogP contribution < -0.4 is 5.32 Å². The first-order valence-corrected chi connectivity index (χ1v) is 6.61. The zero-order valence-electron chi connectivity index (χ0n) is 10.7. The third-order valence-corrected chi connectivity index (χ3v) is 4.04. The van der Waals surface area contributed by atoms with Gasteiger partial charge in [0.15, 0.2) is 0 Å². The maximum absolute atomic E-state index is 13.9. The molecule has 1 aliphatic carbocycles. The molecule has 2 atom stereocenters. The highest BCUT2D eigenvalue weighted by Crippen LogP contribution is 2.36. The van der Waals surface area contributed by atoms with E-state index in [4.69, 9.17) is 0 Å². The van der Waals surface area contributed by atoms with E-state index in [-0.39, 0.29) is 18.0 Å². The Morgan fingerprint density at radius 2 is 2.05 bits per heavy atom. The van der Waals surface area contributed by atoms with Crippen molar-refractivity contribution < 1.29 is 13.6 Å². The van der Waals surface area contributed by atoms with Crippen LogP contribution in [0.25, 0.3) is 0 Å². The molecule has 102 valence electrons. The molecular formula is C14H16F2N2O. The molecule has 2 fully saturated rings. The second-order valence-corrected chi connectivity index (χ2v) is 5.29. The van der Waals surface area contributed by atoms with Crippen LogP contribution in [-0.4, -0.2) is 22.9 Å². The molecule has 0 bridgehead atoms. The van der Waals surface area contributed by atoms with Gasteiger partial charge in [0.2, 0.25) is 5.91 Å². The van der Waals surface area contributed by atoms with Crippen molar-refractivity contribution in [1.29, 1.82) is 0 Å². The van der Waals surface area contributed by atoms with Gasteiger partial charge in [-0.1, -0.05) is 0 Å². The van der Waals surface area contributed by atoms with Gasteiger partial charge in [-0.3, -0.25) is 10.1 Å². The van der Waals surface area contributed by atoms with Gasteiger partial charge < -0.3 is 4.90 Å². The van der Waals surface area contributed by atoms with Gasteiger partial charge >= 0.3 is 0 Å². The largest absolute Gasteiger partial charge is 0.318 e. The summed E-state index contributed by atoms with van der Waals surface area (Å²) in [6, 6.07) is 3.37. The molecule has 1 heterocycles. The minimum atomic E-state index is -0.608. The van der Waals surface area contributed by atoms with Gasteiger partial charge in [0, 0.05) is 17.7 Å². The summed E-state index contributed by atoms with van der Waals surface area (Å²) in [6.07, 6.45) is 2.54. The van der Waals surface area contributed by atoms with Gasteiger partial charge in [-0.2, -0.15) is 0 Å². The van der Waals surface area contributed by atoms with Crippen molar-refractivity contribution in [3.63, 3.8) is 0 Å². The average molecular weight is 266 g/mol. The fourth-order valence-corrected chi connectivity index (χ4v) is 2.76. The molecule has 1 N–H and O–H groups in total. The molecule has 1 saturated heterocycles. The number of carbonyl (C=O) groups excluding carboxylic acids is 1. The summed E-state index contributed by atoms with van der Waals surface area (Å²) in [5.41, 5.74) is 0.339. The number of amides is 1. The van der Waals surface area contributed by atoms with Gasteiger partial charge in [0.25, 0.3) is 0 Å². The number of hydrogen-bond donors (Lipinski definition) is 1. The summed E-state index contributed by atoms with van der Waals surface area (Å²) in [7, 11) is 0. The van der Waals surface area contributed by atoms with Crippen LogP contribution >= 0.6 is 0 Å². The Morgan fingerprint density at radius 3 is 2.63 bits per heavy atom. The van der Waals surface area contributed by atoms with Crippen LogP contribution in [0, 0.1) is 11.6 Å². The van der Waals surface area contributed by atoms with Crippen molar-refractivity contribution >= 4 is 5.91 Å². The average Bonchev–Trinajstić information content (AvgIpc) is 2.55. The van der Waals surface area contributed by atoms with Gasteiger partial charge in [0.1, 0.15) is 17.8 Å². The molecule has 0 aromatic heterocycles. The number of nitrogens with zero attached hydrogens (tertiary/aromatic N) is 1. The molecule has 2 unspecified atom stereocenters. The van der Waals surface area contributed by atoms with E-state index in [1.807, 2.05) is 0 Å². The summed E-state index contributed by atoms with van der Waals surface area (Å²) in [6.45, 7) is 1.77. The minimum absolute atomic E-state index is 0.00146. The normalized spacial score (nSPS) is 27.7. The summed E-state index contributed by atoms with van der Waals surface area (Å²) in [5.74, 6) is -1.21. The Hall–Kier alpha value is -1.49. The van der Waals surface area contributed by atoms with Crippen molar-refractivity contribution in [2.45, 2.75) is 44.4 Å². The molecule has 1 aromatic rings. The van der Waals surface area contributed by atoms with Crippen molar-refractivity contribution in [2.75, 3.05) is 0 Å². The molecule has 1 aliphatic heterocycles. The SMILES string of the molecule is CC1NC(c2ccc(F)cc2F)N(C2CCC2)C1=O. The predicted octanol–water partition coefficient (Wildman–Crippen LogP) is 2.34. The van der Waals surface area contributed by atoms with Crippen LogP contribution in [0.3, 0.4) is 0 Å². The highest BCUT2D eigenvalue weighted by Gasteiger charge is 2.43. The van der Waals surface area contributed by atoms with E-state index in [0.29, 0.717) is 5.56 Å². The summed E-state index contributed by atoms with van der Waals surface area (Å²) < 4.78 is 26.9. The molecule has 0 spiro atoms. The van der Waals surface area contributed by atoms with E-state index in [2.05, 4.69) is 5.32 Å². The van der Waals surface area contributed by atoms with Gasteiger partial charge in [-0.25, -0.2) is 8.78 Å². The van der Waals surface area contributed by atoms with Crippen molar-refractivity contribution in [3.05, 3.63) is 35.4 Å². The lowest BCUT2D eigenvalue weighted by atomic mass is 9.90. The highest BCUT2D eigenvalue weighted by molar-refractivity contribution is 5.84. The summed E-state index contributed by atoms with van der Waals surface area (Å²) in [5, 5.41) is 3.09. The standard InChI is InChI=1S/C14H16F2N2O/c1-8-14(19)18(10-3-2-4-10)13(17-8)11-6-5-9(15)7-12(11)16/h5-8,10,13,17H,2-4H2,1H3. The molecule has 1 saturated carbocycles. The van der Waals surface area contributed by atoms with Gasteiger partial charge in [-0.15, -0.1) is 0 Å². The lowest BCUT2D eigenvalue weighted by molar-refractivity contribution is -0.133. The van der Waals surface area contributed by atoms with E-state index in [1.54, 1.807) is 11.8 Å². The highest BCUT2D eigenvalue weighted by atomic mass is 19.1. The second kappa shape index (κ2) is 4.56. The number of rotatable bonds is 2. The first-order chi connectivity index (χ1) is 9.08. The quantitative estimate of drug-likeness (QED) is 0.891. The van der Waals surface area contributed by atoms with E-state index >= 15 is 0 Å². The maximum atomic E-state index is 13.9. The second-order valence-electron chi connectivity index (χ2n) is 5.29. The number of carbonyl (C=O) groups is 1. The number of halogens is 2. The monoisotopic (exact) mass is 266 g/mol. The Morgan fingerprint density at radius 1 is 1.32 bits per heavy atom. The van der Waals surface area contributed by atoms with Crippen LogP contribution in [0.5, 0.6) is 0 Å². The zero-order valence-corrected chi connectivity index (χ0v) is 10.7. The third-order valence-electron chi connectivity index (χ3n) is 4.04. The van der Waals surface area contributed by atoms with E-state index in [1.165, 1.54) is 12.1 Å². The molecule has 1 amide bonds. The first kappa shape index (κ1) is 12.5. The first-order valence-electron chi connectivity index (χ1n) is 6.61. The Labute approximate surface area is 110 Å². The predicted molar refractivity (Wildman–Crippen MR) is 66.2 cm³/mol. The smallest absolute Gasteiger partial charge is 0.241 e. The maximum Gasteiger partial charge on any atom is 0.241 e. The van der Waals surface area contributed by atoms with E-state index < -0.39 is 17.8 Å². The van der Waals surface area contributed by atoms with Gasteiger partial charge in [-0.05, 0) is 38.3 Å². The molecule has 3 rings (SSSR count). The van der Waals surface area contributed by atoms with E-state index in [0.717, 1.165) is 25.3 Å². The molecule has 5 heteroatoms. The Bertz CT molecular complexity index is 516. The van der Waals surface area contributed by atoms with Crippen LogP contribution in [-0.2, 0) is 4.79 Å². The lowest BCUT2D eigenvalue weighted by Gasteiger charge is -2.38. The van der Waals surface area contributed by atoms with Crippen LogP contribution in [0.2, 0.25) is 0 Å². The van der Waals surface area contributed by atoms with Crippen molar-refractivity contribution in [2.24, 2.45) is 0 Å². The van der Waals surface area contributed by atoms with Crippen LogP contribution in [0.1, 0.15) is 37.9 Å². The van der Waals surface area contributed by atoms with Crippen molar-refractivity contribution in [3.8, 4) is 0 Å². The number of hydrogen-bond acceptors (Lipinski definition) is 2. The third kappa shape index (κ3) is 2.02. The van der Waals surface area contributed by atoms with Crippen LogP contribution in [0.15, 0.2) is 18.2 Å². The molecule has 19 heavy (non-hydrogen) atoms. The molecule has 2 aliphatic rings. The zero-order chi connectivity index (χ0) is 13.6. The Kier molecular flexibility index (Phi) is 3.01. The number of benzene rings is 1. The summed E-state index contributed by atoms with van der Waals surface area (Å²) >= 11 is 0. The summed E-state index contributed by atoms with van der Waals surface area (Å²) in [4.78, 5) is 13.9. The topological polar surface area (TPSA) is 32.3 Å². The van der Waals surface area contributed by atoms with E-state index in [9.17, 15) is 13.6 Å². The molecular weight excluding hydrogens is 250 g/mol. The lowest BCUT2D eigenvalue weighted by Crippen LogP contribution is -2.44.